The van der Waals surface area contributed by atoms with Crippen LogP contribution in [-0.4, -0.2) is 48.9 Å². The van der Waals surface area contributed by atoms with Gasteiger partial charge in [-0.05, 0) is 18.9 Å². The van der Waals surface area contributed by atoms with Gasteiger partial charge >= 0.3 is 0 Å². The van der Waals surface area contributed by atoms with E-state index in [2.05, 4.69) is 0 Å². The number of likely N-dealkylation sites (tertiary alicyclic amines) is 1. The zero-order valence-electron chi connectivity index (χ0n) is 12.7. The van der Waals surface area contributed by atoms with Gasteiger partial charge in [0.2, 0.25) is 16.6 Å². The van der Waals surface area contributed by atoms with Crippen molar-refractivity contribution in [3.8, 4) is 0 Å². The summed E-state index contributed by atoms with van der Waals surface area (Å²) in [5.41, 5.74) is 0.102. The minimum atomic E-state index is -3.82. The van der Waals surface area contributed by atoms with Crippen molar-refractivity contribution >= 4 is 21.8 Å². The number of carbonyl (C=O) groups excluding carboxylic acids is 2. The van der Waals surface area contributed by atoms with Crippen molar-refractivity contribution < 1.29 is 35.0 Å². The number of hydrazine groups is 1. The Hall–Kier alpha value is -1.71. The van der Waals surface area contributed by atoms with E-state index in [-0.39, 0.29) is 34.8 Å². The Bertz CT molecular complexity index is 689. The molecular weight excluding hydrogens is 344 g/mol. The molecule has 8 nitrogen and oxygen atoms in total. The first kappa shape index (κ1) is 19.3. The second-order valence-electron chi connectivity index (χ2n) is 5.22. The second-order valence-corrected chi connectivity index (χ2v) is 7.08. The van der Waals surface area contributed by atoms with Crippen molar-refractivity contribution in [1.82, 2.24) is 9.31 Å². The van der Waals surface area contributed by atoms with Crippen molar-refractivity contribution in [3.05, 3.63) is 30.1 Å². The fourth-order valence-corrected chi connectivity index (χ4v) is 2.65. The first-order valence-corrected chi connectivity index (χ1v) is 8.70. The number of halogens is 1. The lowest BCUT2D eigenvalue weighted by molar-refractivity contribution is -0.685. The molecule has 10 heteroatoms. The van der Waals surface area contributed by atoms with E-state index in [0.717, 1.165) is 32.2 Å². The lowest BCUT2D eigenvalue weighted by atomic mass is 10.2. The average Bonchev–Trinajstić information content (AvgIpc) is 2.99. The molecule has 0 saturated carbocycles. The molecule has 0 aliphatic carbocycles. The highest BCUT2D eigenvalue weighted by Crippen LogP contribution is 2.07. The Morgan fingerprint density at radius 2 is 1.96 bits per heavy atom. The summed E-state index contributed by atoms with van der Waals surface area (Å²) in [6, 6.07) is 3.02. The highest BCUT2D eigenvalue weighted by atomic mass is 35.5. The van der Waals surface area contributed by atoms with E-state index in [9.17, 15) is 18.0 Å². The molecule has 0 atom stereocenters. The van der Waals surface area contributed by atoms with Gasteiger partial charge in [0.05, 0.1) is 6.26 Å². The normalized spacial score (nSPS) is 14.3. The molecule has 0 aromatic carbocycles. The van der Waals surface area contributed by atoms with Gasteiger partial charge in [-0.1, -0.05) is 0 Å². The number of sulfonamides is 1. The van der Waals surface area contributed by atoms with Crippen molar-refractivity contribution in [3.63, 3.8) is 0 Å². The van der Waals surface area contributed by atoms with Crippen LogP contribution in [0.2, 0.25) is 0 Å². The van der Waals surface area contributed by atoms with Crippen LogP contribution in [0.5, 0.6) is 0 Å². The third-order valence-electron chi connectivity index (χ3n) is 3.44. The average molecular weight is 363 g/mol. The number of nitrogens with two attached hydrogens (primary N) is 1. The van der Waals surface area contributed by atoms with Gasteiger partial charge in [-0.2, -0.15) is 8.98 Å². The second kappa shape index (κ2) is 7.71. The van der Waals surface area contributed by atoms with Crippen LogP contribution in [0, 0.1) is 0 Å². The molecule has 1 aliphatic rings. The Labute approximate surface area is 141 Å². The number of aromatic nitrogens is 1. The van der Waals surface area contributed by atoms with Gasteiger partial charge in [0.1, 0.15) is 5.56 Å². The van der Waals surface area contributed by atoms with Gasteiger partial charge in [0.15, 0.2) is 12.4 Å². The molecule has 0 bridgehead atoms. The van der Waals surface area contributed by atoms with Crippen LogP contribution in [-0.2, 0) is 21.4 Å². The number of nitrogens with zero attached hydrogens (tertiary/aromatic N) is 3. The molecule has 1 aliphatic heterocycles. The molecule has 2 amide bonds. The highest BCUT2D eigenvalue weighted by molar-refractivity contribution is 7.88. The minimum Gasteiger partial charge on any atom is -1.00 e. The van der Waals surface area contributed by atoms with Crippen LogP contribution in [0.15, 0.2) is 24.5 Å². The summed E-state index contributed by atoms with van der Waals surface area (Å²) in [4.78, 5) is 25.8. The molecule has 0 unspecified atom stereocenters. The smallest absolute Gasteiger partial charge is 0.288 e. The van der Waals surface area contributed by atoms with Crippen LogP contribution < -0.4 is 22.8 Å². The highest BCUT2D eigenvalue weighted by Gasteiger charge is 2.25. The lowest BCUT2D eigenvalue weighted by Gasteiger charge is -2.14. The van der Waals surface area contributed by atoms with Gasteiger partial charge in [-0.15, -0.1) is 0 Å². The predicted molar refractivity (Wildman–Crippen MR) is 77.7 cm³/mol. The molecule has 1 saturated heterocycles. The fourth-order valence-electron chi connectivity index (χ4n) is 2.25. The van der Waals surface area contributed by atoms with Crippen molar-refractivity contribution in [2.75, 3.05) is 19.3 Å². The Morgan fingerprint density at radius 3 is 2.52 bits per heavy atom. The molecular formula is C13H19ClN4O4S. The number of pyridine rings is 1. The maximum absolute atomic E-state index is 12.1. The third-order valence-corrected chi connectivity index (χ3v) is 4.32. The maximum Gasteiger partial charge on any atom is 0.288 e. The summed E-state index contributed by atoms with van der Waals surface area (Å²) >= 11 is 0. The summed E-state index contributed by atoms with van der Waals surface area (Å²) in [6.45, 7) is 1.61. The predicted octanol–water partition coefficient (Wildman–Crippen LogP) is -4.12. The lowest BCUT2D eigenvalue weighted by Crippen LogP contribution is -3.00. The van der Waals surface area contributed by atoms with Crippen LogP contribution in [0.3, 0.4) is 0 Å². The largest absolute Gasteiger partial charge is 1.00 e. The van der Waals surface area contributed by atoms with E-state index in [4.69, 9.17) is 5.84 Å². The summed E-state index contributed by atoms with van der Waals surface area (Å²) in [5, 5.41) is 0. The minimum absolute atomic E-state index is 0. The van der Waals surface area contributed by atoms with E-state index < -0.39 is 15.9 Å². The zero-order valence-corrected chi connectivity index (χ0v) is 14.3. The molecule has 2 heterocycles. The fraction of sp³-hybridized carbons (Fsp3) is 0.462. The van der Waals surface area contributed by atoms with Crippen molar-refractivity contribution in [2.24, 2.45) is 5.84 Å². The van der Waals surface area contributed by atoms with Gasteiger partial charge < -0.3 is 17.3 Å². The number of carbonyl (C=O) groups is 2. The third kappa shape index (κ3) is 4.88. The summed E-state index contributed by atoms with van der Waals surface area (Å²) in [5.74, 6) is 4.42. The molecule has 23 heavy (non-hydrogen) atoms. The van der Waals surface area contributed by atoms with Crippen LogP contribution in [0.4, 0.5) is 0 Å². The monoisotopic (exact) mass is 362 g/mol. The summed E-state index contributed by atoms with van der Waals surface area (Å²) in [6.07, 6.45) is 5.92. The topological polar surface area (TPSA) is 105 Å². The number of amides is 2. The molecule has 0 radical (unpaired) electrons. The van der Waals surface area contributed by atoms with E-state index in [0.29, 0.717) is 0 Å². The Kier molecular flexibility index (Phi) is 6.48. The number of hydrogen-bond acceptors (Lipinski definition) is 5. The van der Waals surface area contributed by atoms with Crippen LogP contribution >= 0.6 is 0 Å². The quantitative estimate of drug-likeness (QED) is 0.253. The van der Waals surface area contributed by atoms with E-state index >= 15 is 0 Å². The molecule has 2 N–H and O–H groups in total. The Balaban J connectivity index is 0.00000264. The molecule has 2 rings (SSSR count). The Morgan fingerprint density at radius 1 is 1.35 bits per heavy atom. The molecule has 1 fully saturated rings. The first-order chi connectivity index (χ1) is 10.3. The van der Waals surface area contributed by atoms with E-state index in [1.165, 1.54) is 12.3 Å². The molecule has 1 aromatic heterocycles. The van der Waals surface area contributed by atoms with E-state index in [1.54, 1.807) is 21.7 Å². The first-order valence-electron chi connectivity index (χ1n) is 6.85. The van der Waals surface area contributed by atoms with Gasteiger partial charge in [-0.3, -0.25) is 9.59 Å². The van der Waals surface area contributed by atoms with Gasteiger partial charge in [-0.25, -0.2) is 14.3 Å². The number of hydrogen-bond donors (Lipinski definition) is 1. The SMILES string of the molecule is CS(=O)(=O)N(N)C(=O)c1ccc[n+](CC(=O)N2CCCC2)c1.[Cl-]. The molecule has 128 valence electrons. The molecule has 0 spiro atoms. The summed E-state index contributed by atoms with van der Waals surface area (Å²) in [7, 11) is -3.82. The molecule has 1 aromatic rings. The summed E-state index contributed by atoms with van der Waals surface area (Å²) < 4.78 is 24.3. The maximum atomic E-state index is 12.1. The van der Waals surface area contributed by atoms with Crippen LogP contribution in [0.1, 0.15) is 23.2 Å². The number of rotatable bonds is 4. The van der Waals surface area contributed by atoms with Crippen LogP contribution in [0.25, 0.3) is 0 Å². The standard InChI is InChI=1S/C13H19N4O4S.ClH/c1-22(20,21)17(14)13(19)11-5-4-6-15(9-11)10-12(18)16-7-2-3-8-16;/h4-6,9H,2-3,7-8,10,14H2,1H3;1H/q+1;/p-1. The zero-order chi connectivity index (χ0) is 16.3. The van der Waals surface area contributed by atoms with Gasteiger partial charge in [0.25, 0.3) is 11.8 Å². The van der Waals surface area contributed by atoms with Crippen molar-refractivity contribution in [2.45, 2.75) is 19.4 Å². The van der Waals surface area contributed by atoms with Crippen molar-refractivity contribution in [1.29, 1.82) is 0 Å². The van der Waals surface area contributed by atoms with E-state index in [1.807, 2.05) is 0 Å². The van der Waals surface area contributed by atoms with Gasteiger partial charge in [0, 0.05) is 19.2 Å².